The Labute approximate surface area is 183 Å². The van der Waals surface area contributed by atoms with Crippen molar-refractivity contribution in [1.29, 1.82) is 0 Å². The summed E-state index contributed by atoms with van der Waals surface area (Å²) >= 11 is 0. The summed E-state index contributed by atoms with van der Waals surface area (Å²) in [6.07, 6.45) is 0.603. The summed E-state index contributed by atoms with van der Waals surface area (Å²) in [6, 6.07) is 36.4. The molecule has 0 atom stereocenters. The van der Waals surface area contributed by atoms with E-state index < -0.39 is 7.26 Å². The molecule has 0 spiro atoms. The van der Waals surface area contributed by atoms with Crippen molar-refractivity contribution in [2.45, 2.75) is 13.1 Å². The first-order chi connectivity index (χ1) is 15.1. The SMILES string of the molecule is CC(=O)Oc1ccc(O)c(C[P+](c2ccccc2)(c2ccccc2)c2ccccc2)c1. The monoisotopic (exact) mass is 427 g/mol. The lowest BCUT2D eigenvalue weighted by molar-refractivity contribution is -0.131. The minimum atomic E-state index is -2.16. The Morgan fingerprint density at radius 2 is 1.19 bits per heavy atom. The summed E-state index contributed by atoms with van der Waals surface area (Å²) in [5, 5.41) is 14.4. The van der Waals surface area contributed by atoms with Gasteiger partial charge in [0.25, 0.3) is 0 Å². The van der Waals surface area contributed by atoms with Crippen LogP contribution in [0.3, 0.4) is 0 Å². The fourth-order valence-corrected chi connectivity index (χ4v) is 8.19. The lowest BCUT2D eigenvalue weighted by Gasteiger charge is -2.28. The van der Waals surface area contributed by atoms with Gasteiger partial charge in [0.2, 0.25) is 0 Å². The quantitative estimate of drug-likeness (QED) is 0.273. The molecule has 154 valence electrons. The molecule has 0 aliphatic heterocycles. The van der Waals surface area contributed by atoms with Crippen LogP contribution in [-0.4, -0.2) is 11.1 Å². The van der Waals surface area contributed by atoms with Crippen LogP contribution in [0, 0.1) is 0 Å². The summed E-state index contributed by atoms with van der Waals surface area (Å²) < 4.78 is 5.30. The molecule has 0 radical (unpaired) electrons. The van der Waals surface area contributed by atoms with Crippen molar-refractivity contribution in [3.8, 4) is 11.5 Å². The third-order valence-electron chi connectivity index (χ3n) is 5.31. The Bertz CT molecular complexity index is 1060. The molecular weight excluding hydrogens is 403 g/mol. The van der Waals surface area contributed by atoms with Gasteiger partial charge >= 0.3 is 5.97 Å². The van der Waals surface area contributed by atoms with E-state index in [-0.39, 0.29) is 11.7 Å². The van der Waals surface area contributed by atoms with Gasteiger partial charge in [-0.05, 0) is 54.6 Å². The van der Waals surface area contributed by atoms with Crippen molar-refractivity contribution in [1.82, 2.24) is 0 Å². The highest BCUT2D eigenvalue weighted by Gasteiger charge is 2.45. The number of esters is 1. The van der Waals surface area contributed by atoms with E-state index in [1.165, 1.54) is 22.8 Å². The van der Waals surface area contributed by atoms with E-state index in [0.717, 1.165) is 5.56 Å². The lowest BCUT2D eigenvalue weighted by atomic mass is 10.2. The molecule has 31 heavy (non-hydrogen) atoms. The maximum Gasteiger partial charge on any atom is 0.308 e. The second-order valence-electron chi connectivity index (χ2n) is 7.36. The molecule has 0 aromatic heterocycles. The van der Waals surface area contributed by atoms with Gasteiger partial charge in [-0.1, -0.05) is 54.6 Å². The number of ether oxygens (including phenoxy) is 1. The molecule has 0 aliphatic carbocycles. The van der Waals surface area contributed by atoms with Gasteiger partial charge in [0.05, 0.1) is 0 Å². The summed E-state index contributed by atoms with van der Waals surface area (Å²) in [4.78, 5) is 11.5. The predicted octanol–water partition coefficient (Wildman–Crippen LogP) is 4.81. The van der Waals surface area contributed by atoms with Gasteiger partial charge in [0, 0.05) is 12.5 Å². The Hall–Kier alpha value is -3.42. The van der Waals surface area contributed by atoms with E-state index in [2.05, 4.69) is 72.8 Å². The average Bonchev–Trinajstić information content (AvgIpc) is 2.81. The fraction of sp³-hybridized carbons (Fsp3) is 0.0741. The zero-order chi connectivity index (χ0) is 21.7. The van der Waals surface area contributed by atoms with Crippen LogP contribution in [0.5, 0.6) is 11.5 Å². The van der Waals surface area contributed by atoms with Gasteiger partial charge in [-0.3, -0.25) is 4.79 Å². The van der Waals surface area contributed by atoms with Crippen LogP contribution in [0.4, 0.5) is 0 Å². The molecule has 0 fully saturated rings. The maximum atomic E-state index is 11.5. The van der Waals surface area contributed by atoms with Gasteiger partial charge in [-0.2, -0.15) is 0 Å². The van der Waals surface area contributed by atoms with Crippen LogP contribution in [0.2, 0.25) is 0 Å². The fourth-order valence-electron chi connectivity index (χ4n) is 3.94. The van der Waals surface area contributed by atoms with Gasteiger partial charge in [-0.15, -0.1) is 0 Å². The van der Waals surface area contributed by atoms with Crippen LogP contribution in [-0.2, 0) is 11.0 Å². The number of benzene rings is 4. The van der Waals surface area contributed by atoms with Crippen molar-refractivity contribution in [3.63, 3.8) is 0 Å². The molecule has 4 aromatic carbocycles. The molecule has 4 heteroatoms. The van der Waals surface area contributed by atoms with Crippen LogP contribution in [0.25, 0.3) is 0 Å². The molecular formula is C27H24O3P+. The van der Waals surface area contributed by atoms with Crippen LogP contribution in [0.15, 0.2) is 109 Å². The van der Waals surface area contributed by atoms with Crippen molar-refractivity contribution in [3.05, 3.63) is 115 Å². The normalized spacial score (nSPS) is 11.1. The van der Waals surface area contributed by atoms with Gasteiger partial charge in [-0.25, -0.2) is 0 Å². The minimum Gasteiger partial charge on any atom is -0.508 e. The molecule has 0 saturated heterocycles. The Kier molecular flexibility index (Phi) is 6.16. The number of phenolic OH excluding ortho intramolecular Hbond substituents is 1. The van der Waals surface area contributed by atoms with Crippen LogP contribution >= 0.6 is 7.26 Å². The molecule has 4 aromatic rings. The predicted molar refractivity (Wildman–Crippen MR) is 128 cm³/mol. The van der Waals surface area contributed by atoms with Crippen LogP contribution in [0.1, 0.15) is 12.5 Å². The van der Waals surface area contributed by atoms with Crippen LogP contribution < -0.4 is 20.7 Å². The second kappa shape index (κ2) is 9.16. The zero-order valence-corrected chi connectivity index (χ0v) is 18.2. The smallest absolute Gasteiger partial charge is 0.308 e. The molecule has 0 aliphatic rings. The number of carbonyl (C=O) groups excluding carboxylic acids is 1. The number of hydrogen-bond donors (Lipinski definition) is 1. The second-order valence-corrected chi connectivity index (χ2v) is 10.8. The summed E-state index contributed by atoms with van der Waals surface area (Å²) in [6.45, 7) is 1.38. The Balaban J connectivity index is 1.96. The molecule has 0 heterocycles. The van der Waals surface area contributed by atoms with Gasteiger partial charge in [0.1, 0.15) is 40.8 Å². The first-order valence-electron chi connectivity index (χ1n) is 10.1. The number of rotatable bonds is 6. The third kappa shape index (κ3) is 4.38. The lowest BCUT2D eigenvalue weighted by Crippen LogP contribution is -2.32. The molecule has 3 nitrogen and oxygen atoms in total. The summed E-state index contributed by atoms with van der Waals surface area (Å²) in [5.41, 5.74) is 0.753. The maximum absolute atomic E-state index is 11.5. The molecule has 0 bridgehead atoms. The van der Waals surface area contributed by atoms with Gasteiger partial charge in [0.15, 0.2) is 0 Å². The van der Waals surface area contributed by atoms with E-state index >= 15 is 0 Å². The molecule has 0 amide bonds. The summed E-state index contributed by atoms with van der Waals surface area (Å²) in [7, 11) is -2.16. The standard InChI is InChI=1S/C27H23O3P/c1-21(28)30-23-17-18-27(29)22(19-23)20-31(24-11-5-2-6-12-24,25-13-7-3-8-14-25)26-15-9-4-10-16-26/h2-19H,20H2,1H3/p+1. The number of aromatic hydroxyl groups is 1. The van der Waals surface area contributed by atoms with E-state index in [0.29, 0.717) is 11.9 Å². The topological polar surface area (TPSA) is 46.5 Å². The molecule has 0 saturated carbocycles. The first kappa shape index (κ1) is 20.8. The average molecular weight is 427 g/mol. The van der Waals surface area contributed by atoms with E-state index in [4.69, 9.17) is 4.74 Å². The molecule has 4 rings (SSSR count). The highest BCUT2D eigenvalue weighted by molar-refractivity contribution is 7.95. The minimum absolute atomic E-state index is 0.197. The van der Waals surface area contributed by atoms with E-state index in [1.54, 1.807) is 18.2 Å². The Morgan fingerprint density at radius 3 is 1.61 bits per heavy atom. The highest BCUT2D eigenvalue weighted by atomic mass is 31.2. The summed E-state index contributed by atoms with van der Waals surface area (Å²) in [5.74, 6) is 0.252. The van der Waals surface area contributed by atoms with Crippen molar-refractivity contribution in [2.75, 3.05) is 0 Å². The third-order valence-corrected chi connectivity index (χ3v) is 9.67. The van der Waals surface area contributed by atoms with Crippen molar-refractivity contribution >= 4 is 29.1 Å². The zero-order valence-electron chi connectivity index (χ0n) is 17.3. The number of hydrogen-bond acceptors (Lipinski definition) is 3. The van der Waals surface area contributed by atoms with Crippen molar-refractivity contribution < 1.29 is 14.6 Å². The van der Waals surface area contributed by atoms with E-state index in [9.17, 15) is 9.90 Å². The Morgan fingerprint density at radius 1 is 0.742 bits per heavy atom. The number of carbonyl (C=O) groups is 1. The van der Waals surface area contributed by atoms with Gasteiger partial charge < -0.3 is 9.84 Å². The number of phenols is 1. The molecule has 1 N–H and O–H groups in total. The molecule has 0 unspecified atom stereocenters. The first-order valence-corrected chi connectivity index (χ1v) is 12.1. The largest absolute Gasteiger partial charge is 0.508 e. The highest BCUT2D eigenvalue weighted by Crippen LogP contribution is 2.59. The van der Waals surface area contributed by atoms with E-state index in [1.807, 2.05) is 18.2 Å². The van der Waals surface area contributed by atoms with Crippen molar-refractivity contribution in [2.24, 2.45) is 0 Å².